The topological polar surface area (TPSA) is 75.3 Å². The second kappa shape index (κ2) is 9.53. The fraction of sp³-hybridized carbons (Fsp3) is 0.316. The lowest BCUT2D eigenvalue weighted by Crippen LogP contribution is -2.20. The Bertz CT molecular complexity index is 977. The molecule has 0 aromatic heterocycles. The van der Waals surface area contributed by atoms with Gasteiger partial charge in [-0.1, -0.05) is 19.9 Å². The van der Waals surface area contributed by atoms with Crippen LogP contribution in [0.5, 0.6) is 0 Å². The predicted octanol–water partition coefficient (Wildman–Crippen LogP) is 5.65. The van der Waals surface area contributed by atoms with Crippen LogP contribution in [0.4, 0.5) is 29.3 Å². The summed E-state index contributed by atoms with van der Waals surface area (Å²) in [6, 6.07) is 7.94. The Kier molecular flexibility index (Phi) is 7.59. The Hall–Kier alpha value is -2.20. The number of nitrogens with one attached hydrogen (secondary N) is 2. The highest BCUT2D eigenvalue weighted by molar-refractivity contribution is 7.99. The van der Waals surface area contributed by atoms with Crippen molar-refractivity contribution >= 4 is 39.0 Å². The molecule has 0 bridgehead atoms. The fourth-order valence-corrected chi connectivity index (χ4v) is 4.61. The lowest BCUT2D eigenvalue weighted by molar-refractivity contribution is -0.137. The van der Waals surface area contributed by atoms with E-state index in [4.69, 9.17) is 0 Å². The molecule has 0 radical (unpaired) electrons. The Morgan fingerprint density at radius 1 is 1.07 bits per heavy atom. The second-order valence-corrected chi connectivity index (χ2v) is 9.48. The molecule has 0 fully saturated rings. The first-order chi connectivity index (χ1) is 13.6. The zero-order valence-electron chi connectivity index (χ0n) is 15.8. The largest absolute Gasteiger partial charge is 0.416 e. The number of hydrogen-bond acceptors (Lipinski definition) is 4. The number of urea groups is 1. The van der Waals surface area contributed by atoms with Gasteiger partial charge in [0.1, 0.15) is 0 Å². The van der Waals surface area contributed by atoms with Crippen molar-refractivity contribution in [2.75, 3.05) is 22.1 Å². The van der Waals surface area contributed by atoms with Crippen LogP contribution in [0.2, 0.25) is 0 Å². The molecule has 0 unspecified atom stereocenters. The van der Waals surface area contributed by atoms with Crippen molar-refractivity contribution in [1.29, 1.82) is 0 Å². The van der Waals surface area contributed by atoms with Crippen LogP contribution in [0.25, 0.3) is 0 Å². The number of thioether (sulfide) groups is 1. The van der Waals surface area contributed by atoms with E-state index >= 15 is 0 Å². The summed E-state index contributed by atoms with van der Waals surface area (Å²) in [5.41, 5.74) is -0.638. The van der Waals surface area contributed by atoms with E-state index < -0.39 is 27.6 Å². The van der Waals surface area contributed by atoms with Gasteiger partial charge in [-0.2, -0.15) is 13.2 Å². The maximum atomic E-state index is 12.8. The number of carbonyl (C=O) groups is 1. The van der Waals surface area contributed by atoms with E-state index in [0.29, 0.717) is 17.1 Å². The Morgan fingerprint density at radius 2 is 1.79 bits per heavy atom. The Labute approximate surface area is 172 Å². The molecule has 0 aliphatic rings. The van der Waals surface area contributed by atoms with Gasteiger partial charge in [0.15, 0.2) is 9.84 Å². The minimum Gasteiger partial charge on any atom is -0.308 e. The molecule has 0 heterocycles. The van der Waals surface area contributed by atoms with Crippen LogP contribution in [0.15, 0.2) is 52.3 Å². The summed E-state index contributed by atoms with van der Waals surface area (Å²) >= 11 is 1.40. The number of amides is 2. The first-order valence-corrected chi connectivity index (χ1v) is 11.5. The van der Waals surface area contributed by atoms with Crippen molar-refractivity contribution in [3.8, 4) is 0 Å². The molecule has 10 heteroatoms. The number of anilines is 2. The number of alkyl halides is 3. The number of hydrogen-bond donors (Lipinski definition) is 2. The highest BCUT2D eigenvalue weighted by Gasteiger charge is 2.30. The van der Waals surface area contributed by atoms with Crippen LogP contribution in [-0.4, -0.2) is 26.0 Å². The summed E-state index contributed by atoms with van der Waals surface area (Å²) in [4.78, 5) is 13.1. The monoisotopic (exact) mass is 446 g/mol. The Morgan fingerprint density at radius 3 is 2.41 bits per heavy atom. The summed E-state index contributed by atoms with van der Waals surface area (Å²) < 4.78 is 63.1. The van der Waals surface area contributed by atoms with E-state index in [2.05, 4.69) is 10.6 Å². The van der Waals surface area contributed by atoms with Crippen molar-refractivity contribution < 1.29 is 26.4 Å². The molecule has 2 aromatic carbocycles. The average Bonchev–Trinajstić information content (AvgIpc) is 2.62. The molecule has 0 saturated carbocycles. The van der Waals surface area contributed by atoms with E-state index in [-0.39, 0.29) is 22.0 Å². The molecule has 0 spiro atoms. The third kappa shape index (κ3) is 6.40. The van der Waals surface area contributed by atoms with E-state index in [0.717, 1.165) is 12.1 Å². The highest BCUT2D eigenvalue weighted by Crippen LogP contribution is 2.32. The average molecular weight is 447 g/mol. The molecular weight excluding hydrogens is 425 g/mol. The van der Waals surface area contributed by atoms with Gasteiger partial charge in [0, 0.05) is 10.6 Å². The van der Waals surface area contributed by atoms with Crippen LogP contribution < -0.4 is 10.6 Å². The van der Waals surface area contributed by atoms with Gasteiger partial charge in [-0.05, 0) is 48.6 Å². The molecule has 0 aliphatic heterocycles. The number of rotatable bonds is 7. The highest BCUT2D eigenvalue weighted by atomic mass is 32.2. The molecule has 0 saturated heterocycles. The molecule has 2 amide bonds. The van der Waals surface area contributed by atoms with Gasteiger partial charge in [0.25, 0.3) is 0 Å². The standard InChI is InChI=1S/C19H21F3N2O3S2/c1-3-10-29(26,27)15-8-9-17(28-4-2)16(12-15)24-18(25)23-14-7-5-6-13(11-14)19(20,21)22/h5-9,11-12H,3-4,10H2,1-2H3,(H2,23,24,25). The first-order valence-electron chi connectivity index (χ1n) is 8.81. The van der Waals surface area contributed by atoms with Gasteiger partial charge >= 0.3 is 12.2 Å². The van der Waals surface area contributed by atoms with Crippen molar-refractivity contribution in [3.05, 3.63) is 48.0 Å². The number of sulfone groups is 1. The van der Waals surface area contributed by atoms with Crippen molar-refractivity contribution in [1.82, 2.24) is 0 Å². The third-order valence-corrected chi connectivity index (χ3v) is 6.65. The SMILES string of the molecule is CCCS(=O)(=O)c1ccc(SCC)c(NC(=O)Nc2cccc(C(F)(F)F)c2)c1. The maximum absolute atomic E-state index is 12.8. The van der Waals surface area contributed by atoms with Gasteiger partial charge in [0.05, 0.1) is 21.9 Å². The molecule has 0 aliphatic carbocycles. The van der Waals surface area contributed by atoms with Crippen LogP contribution in [-0.2, 0) is 16.0 Å². The zero-order chi connectivity index (χ0) is 21.7. The van der Waals surface area contributed by atoms with Crippen LogP contribution in [0.1, 0.15) is 25.8 Å². The van der Waals surface area contributed by atoms with Crippen molar-refractivity contribution in [2.24, 2.45) is 0 Å². The predicted molar refractivity (Wildman–Crippen MR) is 109 cm³/mol. The molecule has 2 rings (SSSR count). The van der Waals surface area contributed by atoms with Crippen molar-refractivity contribution in [3.63, 3.8) is 0 Å². The number of benzene rings is 2. The second-order valence-electron chi connectivity index (χ2n) is 6.07. The minimum absolute atomic E-state index is 0.0247. The van der Waals surface area contributed by atoms with Crippen LogP contribution in [0, 0.1) is 0 Å². The summed E-state index contributed by atoms with van der Waals surface area (Å²) in [5.74, 6) is 0.661. The third-order valence-electron chi connectivity index (χ3n) is 3.78. The number of halogens is 3. The summed E-state index contributed by atoms with van der Waals surface area (Å²) in [7, 11) is -3.49. The molecule has 158 valence electrons. The molecule has 0 atom stereocenters. The van der Waals surface area contributed by atoms with Gasteiger partial charge in [-0.3, -0.25) is 0 Å². The lowest BCUT2D eigenvalue weighted by atomic mass is 10.2. The molecule has 5 nitrogen and oxygen atoms in total. The molecule has 2 N–H and O–H groups in total. The Balaban J connectivity index is 2.26. The van der Waals surface area contributed by atoms with Gasteiger partial charge in [-0.25, -0.2) is 13.2 Å². The molecule has 2 aromatic rings. The maximum Gasteiger partial charge on any atom is 0.416 e. The summed E-state index contributed by atoms with van der Waals surface area (Å²) in [6.07, 6.45) is -4.08. The van der Waals surface area contributed by atoms with Gasteiger partial charge in [-0.15, -0.1) is 11.8 Å². The number of carbonyl (C=O) groups excluding carboxylic acids is 1. The zero-order valence-corrected chi connectivity index (χ0v) is 17.5. The van der Waals surface area contributed by atoms with E-state index in [1.165, 1.54) is 36.0 Å². The summed E-state index contributed by atoms with van der Waals surface area (Å²) in [6.45, 7) is 3.65. The van der Waals surface area contributed by atoms with Crippen molar-refractivity contribution in [2.45, 2.75) is 36.2 Å². The van der Waals surface area contributed by atoms with E-state index in [1.54, 1.807) is 13.0 Å². The minimum atomic E-state index is -4.53. The quantitative estimate of drug-likeness (QED) is 0.540. The van der Waals surface area contributed by atoms with E-state index in [9.17, 15) is 26.4 Å². The smallest absolute Gasteiger partial charge is 0.308 e. The van der Waals surface area contributed by atoms with Crippen LogP contribution >= 0.6 is 11.8 Å². The lowest BCUT2D eigenvalue weighted by Gasteiger charge is -2.14. The van der Waals surface area contributed by atoms with Gasteiger partial charge in [0.2, 0.25) is 0 Å². The normalized spacial score (nSPS) is 11.9. The molecule has 29 heavy (non-hydrogen) atoms. The first kappa shape index (κ1) is 23.1. The van der Waals surface area contributed by atoms with Crippen LogP contribution in [0.3, 0.4) is 0 Å². The van der Waals surface area contributed by atoms with E-state index in [1.807, 2.05) is 6.92 Å². The van der Waals surface area contributed by atoms with Gasteiger partial charge < -0.3 is 10.6 Å². The summed E-state index contributed by atoms with van der Waals surface area (Å²) in [5, 5.41) is 4.89. The fourth-order valence-electron chi connectivity index (χ4n) is 2.53. The molecular formula is C19H21F3N2O3S2.